The maximum atomic E-state index is 12.3. The predicted octanol–water partition coefficient (Wildman–Crippen LogP) is 3.38. The summed E-state index contributed by atoms with van der Waals surface area (Å²) in [6.45, 7) is 4.06. The van der Waals surface area contributed by atoms with Crippen LogP contribution in [-0.4, -0.2) is 16.9 Å². The molecule has 1 aliphatic rings. The Morgan fingerprint density at radius 3 is 2.76 bits per heavy atom. The Morgan fingerprint density at radius 2 is 2.24 bits per heavy atom. The Bertz CT molecular complexity index is 442. The van der Waals surface area contributed by atoms with E-state index in [0.29, 0.717) is 0 Å². The molecule has 3 N–H and O–H groups in total. The molecule has 1 amide bonds. The first-order valence-corrected chi connectivity index (χ1v) is 7.96. The van der Waals surface area contributed by atoms with Crippen molar-refractivity contribution in [1.29, 1.82) is 0 Å². The Kier molecular flexibility index (Phi) is 9.45. The third-order valence-electron chi connectivity index (χ3n) is 3.75. The van der Waals surface area contributed by atoms with E-state index in [2.05, 4.69) is 17.2 Å². The van der Waals surface area contributed by atoms with E-state index in [1.165, 1.54) is 0 Å². The zero-order chi connectivity index (χ0) is 13.8. The number of rotatable bonds is 4. The summed E-state index contributed by atoms with van der Waals surface area (Å²) in [6.07, 6.45) is 4.77. The number of aromatic nitrogens is 1. The molecule has 1 heterocycles. The van der Waals surface area contributed by atoms with Gasteiger partial charge in [-0.3, -0.25) is 4.79 Å². The number of carbonyl (C=O) groups is 1. The average molecular weight is 354 g/mol. The number of hydrogen-bond donors (Lipinski definition) is 2. The van der Waals surface area contributed by atoms with Crippen LogP contribution in [0.15, 0.2) is 5.38 Å². The molecule has 122 valence electrons. The fourth-order valence-corrected chi connectivity index (χ4v) is 3.56. The van der Waals surface area contributed by atoms with Gasteiger partial charge in [0.25, 0.3) is 0 Å². The number of hydrogen-bond acceptors (Lipinski definition) is 4. The van der Waals surface area contributed by atoms with E-state index in [9.17, 15) is 4.79 Å². The number of carbonyl (C=O) groups excluding carboxylic acids is 1. The molecule has 4 nitrogen and oxygen atoms in total. The molecule has 0 bridgehead atoms. The molecule has 3 unspecified atom stereocenters. The smallest absolute Gasteiger partial charge is 0.223 e. The second-order valence-corrected chi connectivity index (χ2v) is 6.31. The van der Waals surface area contributed by atoms with Gasteiger partial charge < -0.3 is 11.1 Å². The molecule has 1 aliphatic carbocycles. The zero-order valence-corrected chi connectivity index (χ0v) is 15.0. The van der Waals surface area contributed by atoms with Crippen molar-refractivity contribution in [1.82, 2.24) is 10.3 Å². The number of thiazole rings is 1. The molecule has 0 aliphatic heterocycles. The minimum atomic E-state index is 0. The lowest BCUT2D eigenvalue weighted by molar-refractivity contribution is -0.126. The summed E-state index contributed by atoms with van der Waals surface area (Å²) in [5, 5.41) is 6.18. The number of halogens is 2. The molecule has 3 atom stereocenters. The van der Waals surface area contributed by atoms with E-state index in [1.807, 2.05) is 12.3 Å². The van der Waals surface area contributed by atoms with Crippen LogP contribution in [0, 0.1) is 12.8 Å². The van der Waals surface area contributed by atoms with Crippen molar-refractivity contribution in [2.45, 2.75) is 58.0 Å². The first-order valence-electron chi connectivity index (χ1n) is 7.08. The Labute approximate surface area is 143 Å². The first kappa shape index (κ1) is 20.6. The van der Waals surface area contributed by atoms with Gasteiger partial charge in [0.05, 0.1) is 6.04 Å². The molecular weight excluding hydrogens is 329 g/mol. The maximum absolute atomic E-state index is 12.3. The van der Waals surface area contributed by atoms with E-state index in [4.69, 9.17) is 5.73 Å². The Morgan fingerprint density at radius 1 is 1.52 bits per heavy atom. The van der Waals surface area contributed by atoms with Crippen molar-refractivity contribution in [2.75, 3.05) is 0 Å². The van der Waals surface area contributed by atoms with Crippen LogP contribution in [0.1, 0.15) is 55.8 Å². The number of nitrogens with zero attached hydrogens (tertiary/aromatic N) is 1. The highest BCUT2D eigenvalue weighted by molar-refractivity contribution is 7.09. The van der Waals surface area contributed by atoms with Gasteiger partial charge >= 0.3 is 0 Å². The van der Waals surface area contributed by atoms with E-state index in [1.54, 1.807) is 11.3 Å². The van der Waals surface area contributed by atoms with Crippen LogP contribution in [0.3, 0.4) is 0 Å². The second-order valence-electron chi connectivity index (χ2n) is 5.42. The van der Waals surface area contributed by atoms with Gasteiger partial charge in [-0.15, -0.1) is 36.2 Å². The van der Waals surface area contributed by atoms with E-state index in [-0.39, 0.29) is 48.7 Å². The number of nitrogens with two attached hydrogens (primary N) is 1. The van der Waals surface area contributed by atoms with Crippen LogP contribution >= 0.6 is 36.2 Å². The van der Waals surface area contributed by atoms with E-state index in [0.717, 1.165) is 42.8 Å². The Hall–Kier alpha value is -0.360. The molecule has 1 aromatic rings. The lowest BCUT2D eigenvalue weighted by Gasteiger charge is -2.27. The van der Waals surface area contributed by atoms with Crippen LogP contribution < -0.4 is 11.1 Å². The normalized spacial score (nSPS) is 22.6. The highest BCUT2D eigenvalue weighted by atomic mass is 35.5. The average Bonchev–Trinajstić information content (AvgIpc) is 2.82. The van der Waals surface area contributed by atoms with Gasteiger partial charge in [0, 0.05) is 23.0 Å². The summed E-state index contributed by atoms with van der Waals surface area (Å²) in [5.74, 6) is 0.230. The minimum Gasteiger partial charge on any atom is -0.347 e. The molecule has 21 heavy (non-hydrogen) atoms. The maximum Gasteiger partial charge on any atom is 0.223 e. The number of aryl methyl sites for hydroxylation is 1. The highest BCUT2D eigenvalue weighted by Crippen LogP contribution is 2.26. The summed E-state index contributed by atoms with van der Waals surface area (Å²) < 4.78 is 0. The van der Waals surface area contributed by atoms with Gasteiger partial charge in [-0.25, -0.2) is 4.98 Å². The largest absolute Gasteiger partial charge is 0.347 e. The number of amides is 1. The Balaban J connectivity index is 0.00000200. The molecule has 1 aromatic heterocycles. The van der Waals surface area contributed by atoms with Crippen LogP contribution in [0.25, 0.3) is 0 Å². The SMILES string of the molecule is CCC(NC(=O)C1CCCC(N)C1)c1nc(C)cs1.Cl.Cl. The van der Waals surface area contributed by atoms with Gasteiger partial charge in [-0.2, -0.15) is 0 Å². The van der Waals surface area contributed by atoms with Crippen molar-refractivity contribution >= 4 is 42.1 Å². The standard InChI is InChI=1S/C14H23N3OS.2ClH/c1-3-12(14-16-9(2)8-19-14)17-13(18)10-5-4-6-11(15)7-10;;/h8,10-12H,3-7,15H2,1-2H3,(H,17,18);2*1H. The van der Waals surface area contributed by atoms with Gasteiger partial charge in [-0.05, 0) is 32.6 Å². The topological polar surface area (TPSA) is 68.0 Å². The molecule has 0 radical (unpaired) electrons. The third-order valence-corrected chi connectivity index (χ3v) is 4.82. The molecule has 0 saturated heterocycles. The second kappa shape index (κ2) is 9.62. The van der Waals surface area contributed by atoms with E-state index >= 15 is 0 Å². The fourth-order valence-electron chi connectivity index (χ4n) is 2.63. The zero-order valence-electron chi connectivity index (χ0n) is 12.5. The van der Waals surface area contributed by atoms with Crippen molar-refractivity contribution in [3.8, 4) is 0 Å². The molecule has 7 heteroatoms. The molecule has 2 rings (SSSR count). The van der Waals surface area contributed by atoms with Gasteiger partial charge in [0.15, 0.2) is 0 Å². The minimum absolute atomic E-state index is 0. The third kappa shape index (κ3) is 5.74. The van der Waals surface area contributed by atoms with Gasteiger partial charge in [0.2, 0.25) is 5.91 Å². The fraction of sp³-hybridized carbons (Fsp3) is 0.714. The summed E-state index contributed by atoms with van der Waals surface area (Å²) >= 11 is 1.62. The molecule has 0 aromatic carbocycles. The summed E-state index contributed by atoms with van der Waals surface area (Å²) in [6, 6.07) is 0.232. The molecule has 1 saturated carbocycles. The lowest BCUT2D eigenvalue weighted by Crippen LogP contribution is -2.39. The van der Waals surface area contributed by atoms with Crippen LogP contribution in [0.2, 0.25) is 0 Å². The molecule has 0 spiro atoms. The van der Waals surface area contributed by atoms with Crippen LogP contribution in [-0.2, 0) is 4.79 Å². The first-order chi connectivity index (χ1) is 9.10. The predicted molar refractivity (Wildman–Crippen MR) is 92.5 cm³/mol. The van der Waals surface area contributed by atoms with Crippen LogP contribution in [0.5, 0.6) is 0 Å². The quantitative estimate of drug-likeness (QED) is 0.871. The van der Waals surface area contributed by atoms with Crippen LogP contribution in [0.4, 0.5) is 0 Å². The van der Waals surface area contributed by atoms with Crippen molar-refractivity contribution < 1.29 is 4.79 Å². The number of nitrogens with one attached hydrogen (secondary N) is 1. The monoisotopic (exact) mass is 353 g/mol. The van der Waals surface area contributed by atoms with Crippen molar-refractivity contribution in [2.24, 2.45) is 11.7 Å². The summed E-state index contributed by atoms with van der Waals surface area (Å²) in [5.41, 5.74) is 6.97. The lowest BCUT2D eigenvalue weighted by atomic mass is 9.85. The van der Waals surface area contributed by atoms with E-state index < -0.39 is 0 Å². The van der Waals surface area contributed by atoms with Gasteiger partial charge in [0.1, 0.15) is 5.01 Å². The van der Waals surface area contributed by atoms with Crippen molar-refractivity contribution in [3.05, 3.63) is 16.1 Å². The molecular formula is C14H25Cl2N3OS. The summed E-state index contributed by atoms with van der Waals surface area (Å²) in [7, 11) is 0. The van der Waals surface area contributed by atoms with Crippen molar-refractivity contribution in [3.63, 3.8) is 0 Å². The van der Waals surface area contributed by atoms with Gasteiger partial charge in [-0.1, -0.05) is 13.3 Å². The highest BCUT2D eigenvalue weighted by Gasteiger charge is 2.27. The molecule has 1 fully saturated rings. The summed E-state index contributed by atoms with van der Waals surface area (Å²) in [4.78, 5) is 16.8.